The van der Waals surface area contributed by atoms with Gasteiger partial charge in [0.05, 0.1) is 0 Å². The Kier molecular flexibility index (Phi) is 8.16. The molecule has 1 fully saturated rings. The van der Waals surface area contributed by atoms with Gasteiger partial charge < -0.3 is 15.5 Å². The SMILES string of the molecule is CN=C(NCCCc1ccccc1)NCc1ccnc(N2CCCCCC2)c1. The van der Waals surface area contributed by atoms with E-state index >= 15 is 0 Å². The standard InChI is InChI=1S/C23H33N5/c1-24-23(26-14-9-12-20-10-5-4-6-11-20)27-19-21-13-15-25-22(18-21)28-16-7-2-3-8-17-28/h4-6,10-11,13,15,18H,2-3,7-9,12,14,16-17,19H2,1H3,(H2,24,26,27). The Labute approximate surface area is 169 Å². The molecule has 0 radical (unpaired) electrons. The van der Waals surface area contributed by atoms with Crippen LogP contribution in [0.3, 0.4) is 0 Å². The van der Waals surface area contributed by atoms with E-state index in [2.05, 4.69) is 68.0 Å². The van der Waals surface area contributed by atoms with Crippen molar-refractivity contribution in [2.45, 2.75) is 45.1 Å². The zero-order valence-electron chi connectivity index (χ0n) is 17.0. The number of nitrogens with one attached hydrogen (secondary N) is 2. The Balaban J connectivity index is 1.43. The Morgan fingerprint density at radius 2 is 1.79 bits per heavy atom. The highest BCUT2D eigenvalue weighted by Crippen LogP contribution is 2.18. The van der Waals surface area contributed by atoms with Gasteiger partial charge in [-0.25, -0.2) is 4.98 Å². The smallest absolute Gasteiger partial charge is 0.191 e. The van der Waals surface area contributed by atoms with Crippen LogP contribution in [0.4, 0.5) is 5.82 Å². The molecule has 1 aromatic carbocycles. The molecule has 1 saturated heterocycles. The van der Waals surface area contributed by atoms with Crippen LogP contribution in [0.2, 0.25) is 0 Å². The molecule has 1 aliphatic heterocycles. The molecule has 0 atom stereocenters. The van der Waals surface area contributed by atoms with Crippen LogP contribution in [0, 0.1) is 0 Å². The summed E-state index contributed by atoms with van der Waals surface area (Å²) < 4.78 is 0. The van der Waals surface area contributed by atoms with Gasteiger partial charge in [0.25, 0.3) is 0 Å². The van der Waals surface area contributed by atoms with Crippen molar-refractivity contribution >= 4 is 11.8 Å². The third-order valence-corrected chi connectivity index (χ3v) is 5.20. The van der Waals surface area contributed by atoms with Gasteiger partial charge in [0, 0.05) is 39.4 Å². The Hall–Kier alpha value is -2.56. The summed E-state index contributed by atoms with van der Waals surface area (Å²) in [5.74, 6) is 1.95. The molecule has 0 bridgehead atoms. The highest BCUT2D eigenvalue weighted by Gasteiger charge is 2.11. The van der Waals surface area contributed by atoms with E-state index in [1.54, 1.807) is 0 Å². The van der Waals surface area contributed by atoms with E-state index in [1.807, 2.05) is 13.2 Å². The number of benzene rings is 1. The topological polar surface area (TPSA) is 52.6 Å². The molecular formula is C23H33N5. The molecule has 1 aromatic heterocycles. The number of pyridine rings is 1. The van der Waals surface area contributed by atoms with Gasteiger partial charge in [-0.1, -0.05) is 43.2 Å². The molecule has 28 heavy (non-hydrogen) atoms. The molecule has 0 spiro atoms. The number of hydrogen-bond donors (Lipinski definition) is 2. The molecule has 0 unspecified atom stereocenters. The van der Waals surface area contributed by atoms with E-state index in [4.69, 9.17) is 0 Å². The van der Waals surface area contributed by atoms with Gasteiger partial charge in [-0.15, -0.1) is 0 Å². The van der Waals surface area contributed by atoms with Crippen molar-refractivity contribution in [1.82, 2.24) is 15.6 Å². The van der Waals surface area contributed by atoms with E-state index in [-0.39, 0.29) is 0 Å². The molecule has 1 aliphatic rings. The Bertz CT molecular complexity index is 721. The number of nitrogens with zero attached hydrogens (tertiary/aromatic N) is 3. The molecule has 5 heteroatoms. The van der Waals surface area contributed by atoms with Crippen molar-refractivity contribution in [3.63, 3.8) is 0 Å². The zero-order valence-corrected chi connectivity index (χ0v) is 17.0. The van der Waals surface area contributed by atoms with Crippen LogP contribution >= 0.6 is 0 Å². The maximum absolute atomic E-state index is 4.59. The molecule has 3 rings (SSSR count). The van der Waals surface area contributed by atoms with Crippen molar-refractivity contribution in [2.24, 2.45) is 4.99 Å². The fourth-order valence-corrected chi connectivity index (χ4v) is 3.59. The first-order valence-electron chi connectivity index (χ1n) is 10.5. The number of anilines is 1. The van der Waals surface area contributed by atoms with Crippen molar-refractivity contribution < 1.29 is 0 Å². The fraction of sp³-hybridized carbons (Fsp3) is 0.478. The lowest BCUT2D eigenvalue weighted by Gasteiger charge is -2.22. The molecule has 2 N–H and O–H groups in total. The summed E-state index contributed by atoms with van der Waals surface area (Å²) in [6, 6.07) is 14.9. The van der Waals surface area contributed by atoms with E-state index in [0.29, 0.717) is 0 Å². The van der Waals surface area contributed by atoms with Crippen LogP contribution in [0.1, 0.15) is 43.2 Å². The quantitative estimate of drug-likeness (QED) is 0.437. The van der Waals surface area contributed by atoms with Crippen molar-refractivity contribution in [3.8, 4) is 0 Å². The van der Waals surface area contributed by atoms with Gasteiger partial charge in [0.2, 0.25) is 0 Å². The zero-order chi connectivity index (χ0) is 19.4. The lowest BCUT2D eigenvalue weighted by molar-refractivity contribution is 0.726. The summed E-state index contributed by atoms with van der Waals surface area (Å²) in [7, 11) is 1.82. The summed E-state index contributed by atoms with van der Waals surface area (Å²) in [5, 5.41) is 6.83. The molecule has 5 nitrogen and oxygen atoms in total. The molecule has 2 heterocycles. The average Bonchev–Trinajstić information content (AvgIpc) is 3.04. The van der Waals surface area contributed by atoms with Gasteiger partial charge in [0.15, 0.2) is 5.96 Å². The van der Waals surface area contributed by atoms with Crippen molar-refractivity contribution in [1.29, 1.82) is 0 Å². The molecule has 0 aliphatic carbocycles. The minimum Gasteiger partial charge on any atom is -0.357 e. The highest BCUT2D eigenvalue weighted by atomic mass is 15.2. The maximum Gasteiger partial charge on any atom is 0.191 e. The molecule has 2 aromatic rings. The van der Waals surface area contributed by atoms with Gasteiger partial charge >= 0.3 is 0 Å². The van der Waals surface area contributed by atoms with E-state index in [0.717, 1.165) is 50.8 Å². The highest BCUT2D eigenvalue weighted by molar-refractivity contribution is 5.79. The predicted octanol–water partition coefficient (Wildman–Crippen LogP) is 3.76. The number of aryl methyl sites for hydroxylation is 1. The van der Waals surface area contributed by atoms with Crippen molar-refractivity contribution in [2.75, 3.05) is 31.6 Å². The molecular weight excluding hydrogens is 346 g/mol. The van der Waals surface area contributed by atoms with E-state index in [1.165, 1.54) is 36.8 Å². The molecule has 0 saturated carbocycles. The van der Waals surface area contributed by atoms with Crippen LogP contribution in [-0.2, 0) is 13.0 Å². The Morgan fingerprint density at radius 1 is 1.00 bits per heavy atom. The monoisotopic (exact) mass is 379 g/mol. The summed E-state index contributed by atoms with van der Waals surface area (Å²) in [6.45, 7) is 3.90. The van der Waals surface area contributed by atoms with Gasteiger partial charge in [-0.2, -0.15) is 0 Å². The largest absolute Gasteiger partial charge is 0.357 e. The second-order valence-electron chi connectivity index (χ2n) is 7.37. The first-order chi connectivity index (χ1) is 13.8. The van der Waals surface area contributed by atoms with Gasteiger partial charge in [0.1, 0.15) is 5.82 Å². The summed E-state index contributed by atoms with van der Waals surface area (Å²) in [4.78, 5) is 11.4. The van der Waals surface area contributed by atoms with E-state index < -0.39 is 0 Å². The third kappa shape index (κ3) is 6.55. The van der Waals surface area contributed by atoms with Gasteiger partial charge in [-0.05, 0) is 48.9 Å². The lowest BCUT2D eigenvalue weighted by Crippen LogP contribution is -2.37. The minimum atomic E-state index is 0.752. The average molecular weight is 380 g/mol. The van der Waals surface area contributed by atoms with Crippen LogP contribution in [-0.4, -0.2) is 37.6 Å². The van der Waals surface area contributed by atoms with Gasteiger partial charge in [-0.3, -0.25) is 4.99 Å². The van der Waals surface area contributed by atoms with Crippen LogP contribution in [0.5, 0.6) is 0 Å². The van der Waals surface area contributed by atoms with Crippen LogP contribution in [0.25, 0.3) is 0 Å². The Morgan fingerprint density at radius 3 is 2.54 bits per heavy atom. The predicted molar refractivity (Wildman–Crippen MR) is 118 cm³/mol. The summed E-state index contributed by atoms with van der Waals surface area (Å²) >= 11 is 0. The second-order valence-corrected chi connectivity index (χ2v) is 7.37. The third-order valence-electron chi connectivity index (χ3n) is 5.20. The first kappa shape index (κ1) is 20.2. The molecule has 0 amide bonds. The fourth-order valence-electron chi connectivity index (χ4n) is 3.59. The number of hydrogen-bond acceptors (Lipinski definition) is 3. The number of aliphatic imine (C=N–C) groups is 1. The second kappa shape index (κ2) is 11.3. The lowest BCUT2D eigenvalue weighted by atomic mass is 10.1. The van der Waals surface area contributed by atoms with Crippen LogP contribution < -0.4 is 15.5 Å². The number of aromatic nitrogens is 1. The summed E-state index contributed by atoms with van der Waals surface area (Å²) in [6.07, 6.45) is 9.29. The summed E-state index contributed by atoms with van der Waals surface area (Å²) in [5.41, 5.74) is 2.62. The normalized spacial score (nSPS) is 15.2. The van der Waals surface area contributed by atoms with Crippen LogP contribution in [0.15, 0.2) is 53.7 Å². The number of guanidine groups is 1. The van der Waals surface area contributed by atoms with E-state index in [9.17, 15) is 0 Å². The number of rotatable bonds is 7. The minimum absolute atomic E-state index is 0.752. The molecule has 150 valence electrons. The first-order valence-corrected chi connectivity index (χ1v) is 10.5. The van der Waals surface area contributed by atoms with Crippen molar-refractivity contribution in [3.05, 3.63) is 59.8 Å². The maximum atomic E-state index is 4.59.